The van der Waals surface area contributed by atoms with Gasteiger partial charge in [0.05, 0.1) is 12.3 Å². The Balaban J connectivity index is 2.03. The standard InChI is InChI=1S/C14H19N3O/c1-2-16(10-11-18)12-13-4-6-14(7-5-13)17-9-3-8-15-17/h3-9,18H,2,10-12H2,1H3. The van der Waals surface area contributed by atoms with Crippen molar-refractivity contribution < 1.29 is 5.11 Å². The Kier molecular flexibility index (Phi) is 4.50. The number of aliphatic hydroxyl groups is 1. The minimum Gasteiger partial charge on any atom is -0.395 e. The molecule has 1 N–H and O–H groups in total. The fourth-order valence-corrected chi connectivity index (χ4v) is 1.92. The van der Waals surface area contributed by atoms with Crippen molar-refractivity contribution in [3.8, 4) is 5.69 Å². The quantitative estimate of drug-likeness (QED) is 0.842. The fourth-order valence-electron chi connectivity index (χ4n) is 1.92. The van der Waals surface area contributed by atoms with Crippen LogP contribution in [-0.4, -0.2) is 39.5 Å². The lowest BCUT2D eigenvalue weighted by Crippen LogP contribution is -2.26. The molecule has 0 bridgehead atoms. The normalized spacial score (nSPS) is 11.1. The van der Waals surface area contributed by atoms with Crippen LogP contribution in [0.3, 0.4) is 0 Å². The van der Waals surface area contributed by atoms with Gasteiger partial charge in [-0.25, -0.2) is 4.68 Å². The number of likely N-dealkylation sites (N-methyl/N-ethyl adjacent to an activating group) is 1. The van der Waals surface area contributed by atoms with Gasteiger partial charge in [-0.15, -0.1) is 0 Å². The molecule has 0 unspecified atom stereocenters. The second kappa shape index (κ2) is 6.33. The van der Waals surface area contributed by atoms with Crippen LogP contribution in [0.25, 0.3) is 5.69 Å². The first-order chi connectivity index (χ1) is 8.83. The van der Waals surface area contributed by atoms with Gasteiger partial charge in [-0.05, 0) is 30.3 Å². The van der Waals surface area contributed by atoms with Gasteiger partial charge in [0, 0.05) is 25.5 Å². The first-order valence-corrected chi connectivity index (χ1v) is 6.25. The predicted molar refractivity (Wildman–Crippen MR) is 71.6 cm³/mol. The first-order valence-electron chi connectivity index (χ1n) is 6.25. The van der Waals surface area contributed by atoms with Crippen molar-refractivity contribution in [2.24, 2.45) is 0 Å². The maximum absolute atomic E-state index is 8.96. The van der Waals surface area contributed by atoms with Crippen LogP contribution >= 0.6 is 0 Å². The first kappa shape index (κ1) is 12.8. The smallest absolute Gasteiger partial charge is 0.0645 e. The summed E-state index contributed by atoms with van der Waals surface area (Å²) >= 11 is 0. The monoisotopic (exact) mass is 245 g/mol. The van der Waals surface area contributed by atoms with E-state index in [0.29, 0.717) is 0 Å². The fraction of sp³-hybridized carbons (Fsp3) is 0.357. The van der Waals surface area contributed by atoms with Crippen molar-refractivity contribution in [1.29, 1.82) is 0 Å². The molecule has 1 aromatic heterocycles. The summed E-state index contributed by atoms with van der Waals surface area (Å²) in [5, 5.41) is 13.2. The summed E-state index contributed by atoms with van der Waals surface area (Å²) in [6.07, 6.45) is 3.70. The summed E-state index contributed by atoms with van der Waals surface area (Å²) in [5.74, 6) is 0. The molecule has 2 aromatic rings. The Bertz CT molecular complexity index is 450. The molecule has 0 saturated carbocycles. The molecule has 0 aliphatic heterocycles. The molecule has 1 heterocycles. The molecule has 0 fully saturated rings. The maximum atomic E-state index is 8.96. The van der Waals surface area contributed by atoms with Gasteiger partial charge >= 0.3 is 0 Å². The number of benzene rings is 1. The molecule has 0 atom stereocenters. The number of aromatic nitrogens is 2. The molecule has 0 saturated heterocycles. The molecule has 4 nitrogen and oxygen atoms in total. The van der Waals surface area contributed by atoms with E-state index >= 15 is 0 Å². The summed E-state index contributed by atoms with van der Waals surface area (Å²) in [5.41, 5.74) is 2.31. The van der Waals surface area contributed by atoms with E-state index < -0.39 is 0 Å². The molecule has 2 rings (SSSR count). The zero-order chi connectivity index (χ0) is 12.8. The Hall–Kier alpha value is -1.65. The van der Waals surface area contributed by atoms with Crippen LogP contribution in [0.2, 0.25) is 0 Å². The minimum atomic E-state index is 0.208. The number of hydrogen-bond donors (Lipinski definition) is 1. The van der Waals surface area contributed by atoms with Gasteiger partial charge in [0.25, 0.3) is 0 Å². The highest BCUT2D eigenvalue weighted by molar-refractivity contribution is 5.33. The van der Waals surface area contributed by atoms with Crippen LogP contribution in [0.15, 0.2) is 42.7 Å². The van der Waals surface area contributed by atoms with Crippen LogP contribution in [0, 0.1) is 0 Å². The molecule has 4 heteroatoms. The third kappa shape index (κ3) is 3.18. The Morgan fingerprint density at radius 3 is 2.61 bits per heavy atom. The van der Waals surface area contributed by atoms with E-state index in [1.54, 1.807) is 6.20 Å². The number of aliphatic hydroxyl groups excluding tert-OH is 1. The summed E-state index contributed by atoms with van der Waals surface area (Å²) < 4.78 is 1.84. The van der Waals surface area contributed by atoms with Crippen LogP contribution in [-0.2, 0) is 6.54 Å². The van der Waals surface area contributed by atoms with Crippen LogP contribution in [0.5, 0.6) is 0 Å². The molecular formula is C14H19N3O. The third-order valence-corrected chi connectivity index (χ3v) is 2.97. The van der Waals surface area contributed by atoms with Crippen LogP contribution in [0.4, 0.5) is 0 Å². The highest BCUT2D eigenvalue weighted by Crippen LogP contribution is 2.10. The van der Waals surface area contributed by atoms with Crippen molar-refractivity contribution >= 4 is 0 Å². The predicted octanol–water partition coefficient (Wildman–Crippen LogP) is 1.69. The second-order valence-corrected chi connectivity index (χ2v) is 4.21. The zero-order valence-corrected chi connectivity index (χ0v) is 10.7. The van der Waals surface area contributed by atoms with E-state index in [9.17, 15) is 0 Å². The Morgan fingerprint density at radius 2 is 2.06 bits per heavy atom. The van der Waals surface area contributed by atoms with Crippen molar-refractivity contribution in [3.05, 3.63) is 48.3 Å². The Labute approximate surface area is 107 Å². The number of nitrogens with zero attached hydrogens (tertiary/aromatic N) is 3. The summed E-state index contributed by atoms with van der Waals surface area (Å²) in [4.78, 5) is 2.21. The number of rotatable bonds is 6. The molecule has 0 radical (unpaired) electrons. The third-order valence-electron chi connectivity index (χ3n) is 2.97. The van der Waals surface area contributed by atoms with Gasteiger partial charge in [0.15, 0.2) is 0 Å². The average Bonchev–Trinajstić information content (AvgIpc) is 2.93. The van der Waals surface area contributed by atoms with Gasteiger partial charge in [0.1, 0.15) is 0 Å². The highest BCUT2D eigenvalue weighted by Gasteiger charge is 2.03. The lowest BCUT2D eigenvalue weighted by molar-refractivity contribution is 0.197. The molecule has 1 aromatic carbocycles. The number of hydrogen-bond acceptors (Lipinski definition) is 3. The van der Waals surface area contributed by atoms with E-state index in [1.165, 1.54) is 5.56 Å². The molecule has 0 aliphatic rings. The van der Waals surface area contributed by atoms with E-state index in [4.69, 9.17) is 5.11 Å². The van der Waals surface area contributed by atoms with Gasteiger partial charge in [-0.3, -0.25) is 4.90 Å². The second-order valence-electron chi connectivity index (χ2n) is 4.21. The largest absolute Gasteiger partial charge is 0.395 e. The molecule has 0 aliphatic carbocycles. The lowest BCUT2D eigenvalue weighted by atomic mass is 10.2. The van der Waals surface area contributed by atoms with Crippen molar-refractivity contribution in [3.63, 3.8) is 0 Å². The summed E-state index contributed by atoms with van der Waals surface area (Å²) in [7, 11) is 0. The van der Waals surface area contributed by atoms with Crippen molar-refractivity contribution in [2.75, 3.05) is 19.7 Å². The molecule has 96 valence electrons. The van der Waals surface area contributed by atoms with E-state index in [1.807, 2.05) is 16.9 Å². The lowest BCUT2D eigenvalue weighted by Gasteiger charge is -2.19. The minimum absolute atomic E-state index is 0.208. The molecule has 0 amide bonds. The van der Waals surface area contributed by atoms with E-state index in [0.717, 1.165) is 25.3 Å². The molecular weight excluding hydrogens is 226 g/mol. The summed E-state index contributed by atoms with van der Waals surface area (Å²) in [6, 6.07) is 10.3. The Morgan fingerprint density at radius 1 is 1.28 bits per heavy atom. The molecule has 18 heavy (non-hydrogen) atoms. The van der Waals surface area contributed by atoms with Gasteiger partial charge in [-0.2, -0.15) is 5.10 Å². The van der Waals surface area contributed by atoms with Crippen LogP contribution < -0.4 is 0 Å². The zero-order valence-electron chi connectivity index (χ0n) is 10.7. The van der Waals surface area contributed by atoms with Gasteiger partial charge in [-0.1, -0.05) is 19.1 Å². The van der Waals surface area contributed by atoms with E-state index in [2.05, 4.69) is 41.2 Å². The van der Waals surface area contributed by atoms with Crippen LogP contribution in [0.1, 0.15) is 12.5 Å². The van der Waals surface area contributed by atoms with Gasteiger partial charge < -0.3 is 5.11 Å². The topological polar surface area (TPSA) is 41.3 Å². The van der Waals surface area contributed by atoms with Crippen molar-refractivity contribution in [2.45, 2.75) is 13.5 Å². The van der Waals surface area contributed by atoms with Gasteiger partial charge in [0.2, 0.25) is 0 Å². The average molecular weight is 245 g/mol. The molecule has 0 spiro atoms. The SMILES string of the molecule is CCN(CCO)Cc1ccc(-n2cccn2)cc1. The van der Waals surface area contributed by atoms with Crippen molar-refractivity contribution in [1.82, 2.24) is 14.7 Å². The van der Waals surface area contributed by atoms with E-state index in [-0.39, 0.29) is 6.61 Å². The maximum Gasteiger partial charge on any atom is 0.0645 e. The summed E-state index contributed by atoms with van der Waals surface area (Å²) in [6.45, 7) is 4.85. The highest BCUT2D eigenvalue weighted by atomic mass is 16.3.